The van der Waals surface area contributed by atoms with Gasteiger partial charge in [0.1, 0.15) is 11.2 Å². The van der Waals surface area contributed by atoms with Gasteiger partial charge in [0.2, 0.25) is 0 Å². The zero-order chi connectivity index (χ0) is 12.4. The second kappa shape index (κ2) is 3.01. The van der Waals surface area contributed by atoms with E-state index in [9.17, 15) is 0 Å². The summed E-state index contributed by atoms with van der Waals surface area (Å²) in [5, 5.41) is 4.82. The van der Waals surface area contributed by atoms with E-state index in [4.69, 9.17) is 4.42 Å². The lowest BCUT2D eigenvalue weighted by Crippen LogP contribution is -1.68. The molecular weight excluding hydrogens is 236 g/mol. The Hall–Kier alpha value is -2.68. The van der Waals surface area contributed by atoms with E-state index in [0.29, 0.717) is 0 Å². The van der Waals surface area contributed by atoms with E-state index >= 15 is 0 Å². The van der Waals surface area contributed by atoms with E-state index in [1.54, 1.807) is 0 Å². The maximum atomic E-state index is 5.93. The normalized spacial score (nSPS) is 12.2. The SMILES string of the molecule is c1cc2[nH]cc3c2cc1oc1ccc2[nH]cc3c2c1. The molecule has 3 heteroatoms. The van der Waals surface area contributed by atoms with Crippen LogP contribution < -0.4 is 0 Å². The zero-order valence-electron chi connectivity index (χ0n) is 10.0. The summed E-state index contributed by atoms with van der Waals surface area (Å²) in [4.78, 5) is 6.64. The number of rotatable bonds is 0. The Kier molecular flexibility index (Phi) is 1.47. The van der Waals surface area contributed by atoms with Crippen LogP contribution in [0.3, 0.4) is 0 Å². The standard InChI is InChI=1S/C16H10N2O/c1-3-15-11-5-9(1)19-10-2-4-16-12(6-10)14(8-18-16)13(11)7-17-15/h1-8,17-18H. The minimum absolute atomic E-state index is 0.877. The minimum atomic E-state index is 0.877. The summed E-state index contributed by atoms with van der Waals surface area (Å²) in [6.07, 6.45) is 4.13. The predicted octanol–water partition coefficient (Wildman–Crippen LogP) is 4.55. The Balaban J connectivity index is 2.28. The lowest BCUT2D eigenvalue weighted by Gasteiger charge is -1.92. The van der Waals surface area contributed by atoms with Crippen molar-refractivity contribution >= 4 is 43.7 Å². The lowest BCUT2D eigenvalue weighted by atomic mass is 10.1. The molecule has 5 rings (SSSR count). The van der Waals surface area contributed by atoms with Gasteiger partial charge in [-0.25, -0.2) is 0 Å². The van der Waals surface area contributed by atoms with E-state index in [0.717, 1.165) is 22.2 Å². The summed E-state index contributed by atoms with van der Waals surface area (Å²) in [7, 11) is 0. The second-order valence-electron chi connectivity index (χ2n) is 4.92. The highest BCUT2D eigenvalue weighted by atomic mass is 16.3. The molecule has 0 aliphatic heterocycles. The Labute approximate surface area is 107 Å². The number of H-pyrrole nitrogens is 2. The monoisotopic (exact) mass is 246 g/mol. The molecule has 0 saturated heterocycles. The van der Waals surface area contributed by atoms with Crippen molar-refractivity contribution in [3.63, 3.8) is 0 Å². The van der Waals surface area contributed by atoms with Crippen molar-refractivity contribution in [3.05, 3.63) is 48.8 Å². The molecule has 0 aliphatic rings. The molecule has 0 atom stereocenters. The van der Waals surface area contributed by atoms with Gasteiger partial charge in [-0.1, -0.05) is 0 Å². The molecule has 0 aliphatic carbocycles. The van der Waals surface area contributed by atoms with Crippen LogP contribution in [0.1, 0.15) is 0 Å². The maximum Gasteiger partial charge on any atom is 0.128 e. The summed E-state index contributed by atoms with van der Waals surface area (Å²) >= 11 is 0. The van der Waals surface area contributed by atoms with Gasteiger partial charge in [-0.2, -0.15) is 0 Å². The second-order valence-corrected chi connectivity index (χ2v) is 4.92. The summed E-state index contributed by atoms with van der Waals surface area (Å²) < 4.78 is 5.93. The average Bonchev–Trinajstić information content (AvgIpc) is 3.00. The molecule has 0 amide bonds. The quantitative estimate of drug-likeness (QED) is 0.413. The fraction of sp³-hybridized carbons (Fsp3) is 0. The van der Waals surface area contributed by atoms with Crippen molar-refractivity contribution in [1.82, 2.24) is 9.97 Å². The topological polar surface area (TPSA) is 44.7 Å². The fourth-order valence-electron chi connectivity index (χ4n) is 2.91. The van der Waals surface area contributed by atoms with Gasteiger partial charge in [-0.3, -0.25) is 0 Å². The number of fused-ring (bicyclic) bond motifs is 3. The van der Waals surface area contributed by atoms with Gasteiger partial charge in [0.05, 0.1) is 0 Å². The van der Waals surface area contributed by atoms with Crippen molar-refractivity contribution in [2.24, 2.45) is 0 Å². The molecule has 3 heterocycles. The van der Waals surface area contributed by atoms with E-state index < -0.39 is 0 Å². The van der Waals surface area contributed by atoms with Crippen LogP contribution >= 0.6 is 0 Å². The highest BCUT2D eigenvalue weighted by Gasteiger charge is 2.07. The minimum Gasteiger partial charge on any atom is -0.457 e. The first-order chi connectivity index (χ1) is 9.38. The van der Waals surface area contributed by atoms with Gasteiger partial charge in [-0.05, 0) is 36.4 Å². The van der Waals surface area contributed by atoms with Gasteiger partial charge in [0.25, 0.3) is 0 Å². The van der Waals surface area contributed by atoms with Crippen LogP contribution in [0, 0.1) is 0 Å². The van der Waals surface area contributed by atoms with Crippen LogP contribution in [0.25, 0.3) is 43.7 Å². The molecule has 19 heavy (non-hydrogen) atoms. The predicted molar refractivity (Wildman–Crippen MR) is 77.4 cm³/mol. The molecule has 3 aromatic heterocycles. The van der Waals surface area contributed by atoms with Crippen molar-refractivity contribution in [1.29, 1.82) is 0 Å². The lowest BCUT2D eigenvalue weighted by molar-refractivity contribution is 0.656. The van der Waals surface area contributed by atoms with Gasteiger partial charge in [0, 0.05) is 45.0 Å². The van der Waals surface area contributed by atoms with Gasteiger partial charge in [0.15, 0.2) is 0 Å². The molecule has 0 radical (unpaired) electrons. The Morgan fingerprint density at radius 3 is 1.68 bits per heavy atom. The Bertz CT molecular complexity index is 977. The first-order valence-electron chi connectivity index (χ1n) is 6.29. The molecule has 4 bridgehead atoms. The largest absolute Gasteiger partial charge is 0.457 e. The molecule has 0 spiro atoms. The van der Waals surface area contributed by atoms with Crippen LogP contribution in [0.5, 0.6) is 0 Å². The molecule has 0 saturated carbocycles. The highest BCUT2D eigenvalue weighted by molar-refractivity contribution is 6.15. The van der Waals surface area contributed by atoms with E-state index in [-0.39, 0.29) is 0 Å². The number of hydrogen-bond donors (Lipinski definition) is 2. The highest BCUT2D eigenvalue weighted by Crippen LogP contribution is 2.31. The van der Waals surface area contributed by atoms with E-state index in [1.807, 2.05) is 12.1 Å². The van der Waals surface area contributed by atoms with Gasteiger partial charge >= 0.3 is 0 Å². The van der Waals surface area contributed by atoms with Crippen molar-refractivity contribution < 1.29 is 4.42 Å². The first-order valence-corrected chi connectivity index (χ1v) is 6.29. The molecule has 2 aromatic carbocycles. The number of nitrogens with one attached hydrogen (secondary N) is 2. The number of aromatic nitrogens is 2. The number of benzene rings is 2. The van der Waals surface area contributed by atoms with Crippen LogP contribution in [0.4, 0.5) is 0 Å². The summed E-state index contributed by atoms with van der Waals surface area (Å²) in [6.45, 7) is 0. The zero-order valence-corrected chi connectivity index (χ0v) is 10.0. The van der Waals surface area contributed by atoms with Crippen LogP contribution in [-0.2, 0) is 0 Å². The van der Waals surface area contributed by atoms with Crippen molar-refractivity contribution in [2.45, 2.75) is 0 Å². The van der Waals surface area contributed by atoms with Crippen LogP contribution in [0.2, 0.25) is 0 Å². The van der Waals surface area contributed by atoms with E-state index in [2.05, 4.69) is 46.6 Å². The fourth-order valence-corrected chi connectivity index (χ4v) is 2.91. The first kappa shape index (κ1) is 9.28. The molecule has 90 valence electrons. The third kappa shape index (κ3) is 1.12. The summed E-state index contributed by atoms with van der Waals surface area (Å²) in [5.41, 5.74) is 4.02. The van der Waals surface area contributed by atoms with Crippen molar-refractivity contribution in [2.75, 3.05) is 0 Å². The summed E-state index contributed by atoms with van der Waals surface area (Å²) in [6, 6.07) is 12.3. The van der Waals surface area contributed by atoms with Gasteiger partial charge < -0.3 is 14.4 Å². The molecule has 3 nitrogen and oxygen atoms in total. The number of hydrogen-bond acceptors (Lipinski definition) is 1. The third-order valence-corrected chi connectivity index (χ3v) is 3.83. The van der Waals surface area contributed by atoms with Gasteiger partial charge in [-0.15, -0.1) is 0 Å². The Morgan fingerprint density at radius 1 is 0.632 bits per heavy atom. The van der Waals surface area contributed by atoms with Crippen LogP contribution in [0.15, 0.2) is 53.2 Å². The molecule has 0 fully saturated rings. The molecule has 2 N–H and O–H groups in total. The van der Waals surface area contributed by atoms with Crippen LogP contribution in [-0.4, -0.2) is 9.97 Å². The van der Waals surface area contributed by atoms with Crippen molar-refractivity contribution in [3.8, 4) is 0 Å². The maximum absolute atomic E-state index is 5.93. The third-order valence-electron chi connectivity index (χ3n) is 3.83. The Morgan fingerprint density at radius 2 is 1.16 bits per heavy atom. The smallest absolute Gasteiger partial charge is 0.128 e. The summed E-state index contributed by atoms with van der Waals surface area (Å²) in [5.74, 6) is 0. The number of aromatic amines is 2. The van der Waals surface area contributed by atoms with E-state index in [1.165, 1.54) is 21.5 Å². The molecule has 5 aromatic rings. The molecule has 0 unspecified atom stereocenters. The average molecular weight is 246 g/mol. The molecular formula is C16H10N2O.